The molecular formula is C23H21N5S4. The second kappa shape index (κ2) is 8.97. The Labute approximate surface area is 204 Å². The molecule has 0 unspecified atom stereocenters. The molecule has 0 radical (unpaired) electrons. The number of allylic oxidation sites excluding steroid dienone is 3. The van der Waals surface area contributed by atoms with Crippen LogP contribution in [0.1, 0.15) is 25.8 Å². The maximum absolute atomic E-state index is 4.53. The van der Waals surface area contributed by atoms with E-state index in [1.807, 2.05) is 6.07 Å². The largest absolute Gasteiger partial charge is 0.335 e. The first-order chi connectivity index (χ1) is 15.6. The van der Waals surface area contributed by atoms with Crippen LogP contribution in [-0.2, 0) is 0 Å². The van der Waals surface area contributed by atoms with Gasteiger partial charge < -0.3 is 4.90 Å². The van der Waals surface area contributed by atoms with Gasteiger partial charge in [-0.2, -0.15) is 17.5 Å². The standard InChI is InChI=1S/C23H21N5S4/c1-5-15(11-14(4)29-22-13(3)7-8-16-20(22)26-31-24-16)12-19-28(6-2)18-10-9-17-21(23(18)30-19)27-32-25-17/h7-12H,4-6H2,1-3H3/b15-11-,19-12-. The average Bonchev–Trinajstić information content (AvgIpc) is 3.52. The third kappa shape index (κ3) is 3.87. The number of aryl methyl sites for hydroxylation is 1. The lowest BCUT2D eigenvalue weighted by atomic mass is 10.2. The van der Waals surface area contributed by atoms with Crippen LogP contribution in [-0.4, -0.2) is 24.0 Å². The van der Waals surface area contributed by atoms with Gasteiger partial charge in [0, 0.05) is 16.3 Å². The summed E-state index contributed by atoms with van der Waals surface area (Å²) in [7, 11) is 0. The predicted molar refractivity (Wildman–Crippen MR) is 140 cm³/mol. The number of aromatic nitrogens is 4. The molecule has 0 spiro atoms. The minimum absolute atomic E-state index is 0.902. The normalized spacial score (nSPS) is 15.3. The first-order valence-electron chi connectivity index (χ1n) is 10.3. The number of rotatable bonds is 6. The summed E-state index contributed by atoms with van der Waals surface area (Å²) in [6.45, 7) is 11.7. The van der Waals surface area contributed by atoms with Crippen LogP contribution in [0.5, 0.6) is 0 Å². The molecule has 0 bridgehead atoms. The van der Waals surface area contributed by atoms with Crippen molar-refractivity contribution < 1.29 is 0 Å². The van der Waals surface area contributed by atoms with E-state index in [-0.39, 0.29) is 0 Å². The molecule has 0 saturated heterocycles. The summed E-state index contributed by atoms with van der Waals surface area (Å²) in [5.74, 6) is 0. The van der Waals surface area contributed by atoms with Crippen LogP contribution in [0.3, 0.4) is 0 Å². The minimum Gasteiger partial charge on any atom is -0.335 e. The number of benzene rings is 2. The number of hydrogen-bond donors (Lipinski definition) is 0. The van der Waals surface area contributed by atoms with Gasteiger partial charge in [-0.25, -0.2) is 0 Å². The van der Waals surface area contributed by atoms with Gasteiger partial charge >= 0.3 is 0 Å². The van der Waals surface area contributed by atoms with Gasteiger partial charge in [-0.05, 0) is 61.8 Å². The maximum atomic E-state index is 4.53. The Morgan fingerprint density at radius 2 is 1.75 bits per heavy atom. The molecule has 0 N–H and O–H groups in total. The number of fused-ring (bicyclic) bond motifs is 4. The van der Waals surface area contributed by atoms with E-state index < -0.39 is 0 Å². The second-order valence-corrected chi connectivity index (χ2v) is 10.6. The molecule has 9 heteroatoms. The fraction of sp³-hybridized carbons (Fsp3) is 0.217. The molecule has 5 nitrogen and oxygen atoms in total. The number of hydrogen-bond acceptors (Lipinski definition) is 9. The summed E-state index contributed by atoms with van der Waals surface area (Å²) in [4.78, 5) is 5.68. The molecule has 0 fully saturated rings. The zero-order chi connectivity index (χ0) is 22.2. The number of nitrogens with zero attached hydrogens (tertiary/aromatic N) is 5. The molecule has 0 amide bonds. The molecule has 0 aliphatic carbocycles. The molecule has 5 rings (SSSR count). The van der Waals surface area contributed by atoms with Gasteiger partial charge in [0.2, 0.25) is 0 Å². The van der Waals surface area contributed by atoms with Crippen LogP contribution in [0.15, 0.2) is 68.3 Å². The smallest absolute Gasteiger partial charge is 0.120 e. The van der Waals surface area contributed by atoms with Crippen molar-refractivity contribution in [3.05, 3.63) is 64.1 Å². The highest BCUT2D eigenvalue weighted by Gasteiger charge is 2.27. The third-order valence-corrected chi connectivity index (χ3v) is 8.65. The molecule has 1 aliphatic heterocycles. The molecule has 1 aliphatic rings. The topological polar surface area (TPSA) is 54.8 Å². The first kappa shape index (κ1) is 21.6. The van der Waals surface area contributed by atoms with Crippen molar-refractivity contribution in [1.82, 2.24) is 17.5 Å². The summed E-state index contributed by atoms with van der Waals surface area (Å²) in [6.07, 6.45) is 5.39. The third-order valence-electron chi connectivity index (χ3n) is 5.32. The van der Waals surface area contributed by atoms with Gasteiger partial charge in [0.15, 0.2) is 0 Å². The molecule has 3 heterocycles. The monoisotopic (exact) mass is 495 g/mol. The quantitative estimate of drug-likeness (QED) is 0.204. The lowest BCUT2D eigenvalue weighted by molar-refractivity contribution is 0.999. The van der Waals surface area contributed by atoms with E-state index >= 15 is 0 Å². The Kier molecular flexibility index (Phi) is 6.07. The van der Waals surface area contributed by atoms with Crippen molar-refractivity contribution in [2.45, 2.75) is 37.0 Å². The molecule has 4 aromatic rings. The van der Waals surface area contributed by atoms with Gasteiger partial charge in [0.1, 0.15) is 22.1 Å². The summed E-state index contributed by atoms with van der Waals surface area (Å²) in [5.41, 5.74) is 7.53. The van der Waals surface area contributed by atoms with E-state index in [9.17, 15) is 0 Å². The van der Waals surface area contributed by atoms with Gasteiger partial charge in [-0.3, -0.25) is 0 Å². The van der Waals surface area contributed by atoms with Crippen LogP contribution in [0, 0.1) is 6.92 Å². The van der Waals surface area contributed by atoms with Gasteiger partial charge in [0.05, 0.1) is 39.1 Å². The van der Waals surface area contributed by atoms with Gasteiger partial charge in [-0.15, -0.1) is 0 Å². The second-order valence-electron chi connectivity index (χ2n) is 7.36. The zero-order valence-electron chi connectivity index (χ0n) is 18.0. The van der Waals surface area contributed by atoms with E-state index in [0.717, 1.165) is 44.8 Å². The molecular weight excluding hydrogens is 475 g/mol. The summed E-state index contributed by atoms with van der Waals surface area (Å²) >= 11 is 5.98. The molecule has 32 heavy (non-hydrogen) atoms. The highest BCUT2D eigenvalue weighted by molar-refractivity contribution is 8.04. The summed E-state index contributed by atoms with van der Waals surface area (Å²) in [5, 5.41) is 1.22. The van der Waals surface area contributed by atoms with E-state index in [1.54, 1.807) is 23.5 Å². The Morgan fingerprint density at radius 3 is 2.50 bits per heavy atom. The Bertz CT molecular complexity index is 1400. The van der Waals surface area contributed by atoms with Crippen molar-refractivity contribution >= 4 is 74.7 Å². The van der Waals surface area contributed by atoms with Crippen molar-refractivity contribution in [3.63, 3.8) is 0 Å². The predicted octanol–water partition coefficient (Wildman–Crippen LogP) is 7.42. The Hall–Kier alpha value is -2.20. The molecule has 2 aromatic heterocycles. The first-order valence-corrected chi connectivity index (χ1v) is 13.4. The van der Waals surface area contributed by atoms with Crippen molar-refractivity contribution in [3.8, 4) is 0 Å². The van der Waals surface area contributed by atoms with E-state index in [1.165, 1.54) is 50.2 Å². The maximum Gasteiger partial charge on any atom is 0.120 e. The lowest BCUT2D eigenvalue weighted by Gasteiger charge is -2.18. The SMILES string of the molecule is C=C(/C=C(\C=C1/Sc2c(ccc3nsnc23)N1CC)CC)Sc1c(C)ccc2nsnc12. The van der Waals surface area contributed by atoms with E-state index in [4.69, 9.17) is 0 Å². The average molecular weight is 496 g/mol. The molecule has 2 aromatic carbocycles. The van der Waals surface area contributed by atoms with Crippen LogP contribution >= 0.6 is 47.0 Å². The molecule has 0 saturated carbocycles. The summed E-state index contributed by atoms with van der Waals surface area (Å²) in [6, 6.07) is 8.36. The van der Waals surface area contributed by atoms with Crippen LogP contribution in [0.2, 0.25) is 0 Å². The van der Waals surface area contributed by atoms with Gasteiger partial charge in [0.25, 0.3) is 0 Å². The van der Waals surface area contributed by atoms with Crippen LogP contribution < -0.4 is 4.90 Å². The van der Waals surface area contributed by atoms with Gasteiger partial charge in [-0.1, -0.05) is 43.1 Å². The van der Waals surface area contributed by atoms with Crippen molar-refractivity contribution in [2.24, 2.45) is 0 Å². The van der Waals surface area contributed by atoms with Crippen LogP contribution in [0.25, 0.3) is 22.1 Å². The zero-order valence-corrected chi connectivity index (χ0v) is 21.2. The number of thioether (sulfide) groups is 2. The summed E-state index contributed by atoms with van der Waals surface area (Å²) < 4.78 is 17.8. The highest BCUT2D eigenvalue weighted by atomic mass is 32.2. The Balaban J connectivity index is 1.44. The van der Waals surface area contributed by atoms with Crippen molar-refractivity contribution in [1.29, 1.82) is 0 Å². The van der Waals surface area contributed by atoms with E-state index in [0.29, 0.717) is 0 Å². The Morgan fingerprint density at radius 1 is 1.03 bits per heavy atom. The number of anilines is 1. The minimum atomic E-state index is 0.902. The fourth-order valence-electron chi connectivity index (χ4n) is 3.67. The molecule has 0 atom stereocenters. The molecule has 162 valence electrons. The van der Waals surface area contributed by atoms with Crippen LogP contribution in [0.4, 0.5) is 5.69 Å². The van der Waals surface area contributed by atoms with E-state index in [2.05, 4.69) is 80.1 Å². The van der Waals surface area contributed by atoms with Crippen molar-refractivity contribution in [2.75, 3.05) is 11.4 Å². The fourth-order valence-corrected chi connectivity index (χ4v) is 7.11. The lowest BCUT2D eigenvalue weighted by Crippen LogP contribution is -2.16. The highest BCUT2D eigenvalue weighted by Crippen LogP contribution is 2.49.